The summed E-state index contributed by atoms with van der Waals surface area (Å²) in [4.78, 5) is 18.8. The summed E-state index contributed by atoms with van der Waals surface area (Å²) in [6.45, 7) is 8.30. The Morgan fingerprint density at radius 2 is 2.14 bits per heavy atom. The van der Waals surface area contributed by atoms with Crippen molar-refractivity contribution in [1.82, 2.24) is 15.2 Å². The Morgan fingerprint density at radius 3 is 2.81 bits per heavy atom. The number of likely N-dealkylation sites (tertiary alicyclic amines) is 1. The molecular weight excluding hydrogens is 286 g/mol. The molecule has 0 aliphatic carbocycles. The number of aromatic nitrogens is 1. The number of nitrogens with one attached hydrogen (secondary N) is 1. The van der Waals surface area contributed by atoms with Gasteiger partial charge >= 0.3 is 0 Å². The summed E-state index contributed by atoms with van der Waals surface area (Å²) in [5, 5.41) is 3.38. The summed E-state index contributed by atoms with van der Waals surface area (Å²) in [5.41, 5.74) is 1.44. The molecule has 2 heterocycles. The predicted octanol–water partition coefficient (Wildman–Crippen LogP) is 2.76. The number of rotatable bonds is 6. The van der Waals surface area contributed by atoms with Crippen molar-refractivity contribution >= 4 is 17.5 Å². The van der Waals surface area contributed by atoms with Crippen molar-refractivity contribution < 1.29 is 4.79 Å². The molecule has 1 aromatic heterocycles. The van der Waals surface area contributed by atoms with E-state index in [0.29, 0.717) is 23.2 Å². The Hall–Kier alpha value is -1.13. The van der Waals surface area contributed by atoms with Crippen LogP contribution < -0.4 is 5.32 Å². The molecule has 2 rings (SSSR count). The van der Waals surface area contributed by atoms with Gasteiger partial charge in [0.15, 0.2) is 0 Å². The zero-order valence-corrected chi connectivity index (χ0v) is 13.6. The number of carbonyl (C=O) groups excluding carboxylic acids is 1. The van der Waals surface area contributed by atoms with Gasteiger partial charge in [-0.2, -0.15) is 0 Å². The highest BCUT2D eigenvalue weighted by Crippen LogP contribution is 2.12. The molecule has 1 atom stereocenters. The first-order valence-electron chi connectivity index (χ1n) is 7.75. The van der Waals surface area contributed by atoms with Crippen molar-refractivity contribution in [2.75, 3.05) is 26.2 Å². The Balaban J connectivity index is 1.84. The Bertz CT molecular complexity index is 486. The molecule has 1 aliphatic heterocycles. The van der Waals surface area contributed by atoms with Crippen LogP contribution in [-0.2, 0) is 6.42 Å². The van der Waals surface area contributed by atoms with Gasteiger partial charge < -0.3 is 10.2 Å². The highest BCUT2D eigenvalue weighted by atomic mass is 35.5. The molecule has 0 radical (unpaired) electrons. The highest BCUT2D eigenvalue weighted by molar-refractivity contribution is 6.29. The Kier molecular flexibility index (Phi) is 6.00. The molecule has 0 bridgehead atoms. The van der Waals surface area contributed by atoms with Gasteiger partial charge in [0.05, 0.1) is 0 Å². The molecular formula is C16H24ClN3O. The molecule has 0 aromatic carbocycles. The fourth-order valence-electron chi connectivity index (χ4n) is 2.70. The van der Waals surface area contributed by atoms with E-state index >= 15 is 0 Å². The number of hydrogen-bond donors (Lipinski definition) is 1. The number of amides is 1. The van der Waals surface area contributed by atoms with Crippen LogP contribution in [0, 0.1) is 5.92 Å². The second-order valence-electron chi connectivity index (χ2n) is 5.85. The molecule has 0 spiro atoms. The molecule has 1 saturated heterocycles. The third kappa shape index (κ3) is 4.97. The van der Waals surface area contributed by atoms with Gasteiger partial charge in [-0.3, -0.25) is 4.79 Å². The van der Waals surface area contributed by atoms with Crippen molar-refractivity contribution in [2.24, 2.45) is 5.92 Å². The first-order chi connectivity index (χ1) is 10.1. The van der Waals surface area contributed by atoms with Crippen molar-refractivity contribution in [1.29, 1.82) is 0 Å². The number of halogens is 1. The van der Waals surface area contributed by atoms with Gasteiger partial charge in [-0.1, -0.05) is 25.4 Å². The normalized spacial score (nSPS) is 16.9. The molecule has 1 amide bonds. The van der Waals surface area contributed by atoms with Gasteiger partial charge in [0.2, 0.25) is 0 Å². The van der Waals surface area contributed by atoms with Crippen LogP contribution in [0.1, 0.15) is 42.7 Å². The summed E-state index contributed by atoms with van der Waals surface area (Å²) in [7, 11) is 0. The largest absolute Gasteiger partial charge is 0.352 e. The lowest BCUT2D eigenvalue weighted by atomic mass is 10.1. The summed E-state index contributed by atoms with van der Waals surface area (Å²) >= 11 is 5.95. The van der Waals surface area contributed by atoms with E-state index in [4.69, 9.17) is 11.6 Å². The minimum Gasteiger partial charge on any atom is -0.352 e. The zero-order chi connectivity index (χ0) is 15.2. The lowest BCUT2D eigenvalue weighted by Gasteiger charge is -2.20. The van der Waals surface area contributed by atoms with Gasteiger partial charge in [0.25, 0.3) is 5.91 Å². The highest BCUT2D eigenvalue weighted by Gasteiger charge is 2.15. The second-order valence-corrected chi connectivity index (χ2v) is 6.23. The topological polar surface area (TPSA) is 45.2 Å². The van der Waals surface area contributed by atoms with E-state index in [2.05, 4.69) is 22.1 Å². The second kappa shape index (κ2) is 7.76. The van der Waals surface area contributed by atoms with Crippen molar-refractivity contribution in [2.45, 2.75) is 33.1 Å². The molecule has 1 unspecified atom stereocenters. The fraction of sp³-hybridized carbons (Fsp3) is 0.625. The Labute approximate surface area is 131 Å². The van der Waals surface area contributed by atoms with Crippen LogP contribution in [0.25, 0.3) is 0 Å². The fourth-order valence-corrected chi connectivity index (χ4v) is 2.93. The summed E-state index contributed by atoms with van der Waals surface area (Å²) < 4.78 is 0. The SMILES string of the molecule is CCc1cc(C(=O)NCC(C)CN2CCCC2)cc(Cl)n1. The van der Waals surface area contributed by atoms with E-state index in [1.807, 2.05) is 13.0 Å². The third-order valence-corrected chi connectivity index (χ3v) is 4.04. The molecule has 4 nitrogen and oxygen atoms in total. The average Bonchev–Trinajstić information content (AvgIpc) is 2.96. The molecule has 0 saturated carbocycles. The molecule has 116 valence electrons. The Morgan fingerprint density at radius 1 is 1.43 bits per heavy atom. The minimum absolute atomic E-state index is 0.0673. The molecule has 1 N–H and O–H groups in total. The number of aryl methyl sites for hydroxylation is 1. The number of nitrogens with zero attached hydrogens (tertiary/aromatic N) is 2. The molecule has 1 aromatic rings. The monoisotopic (exact) mass is 309 g/mol. The van der Waals surface area contributed by atoms with Crippen LogP contribution in [0.3, 0.4) is 0 Å². The first-order valence-corrected chi connectivity index (χ1v) is 8.13. The van der Waals surface area contributed by atoms with E-state index < -0.39 is 0 Å². The number of hydrogen-bond acceptors (Lipinski definition) is 3. The number of carbonyl (C=O) groups is 1. The smallest absolute Gasteiger partial charge is 0.251 e. The van der Waals surface area contributed by atoms with Crippen LogP contribution in [0.15, 0.2) is 12.1 Å². The summed E-state index contributed by atoms with van der Waals surface area (Å²) in [6.07, 6.45) is 3.37. The van der Waals surface area contributed by atoms with Gasteiger partial charge in [0.1, 0.15) is 5.15 Å². The van der Waals surface area contributed by atoms with Crippen molar-refractivity contribution in [3.05, 3.63) is 28.5 Å². The summed E-state index contributed by atoms with van der Waals surface area (Å²) in [6, 6.07) is 3.44. The summed E-state index contributed by atoms with van der Waals surface area (Å²) in [5.74, 6) is 0.386. The molecule has 1 fully saturated rings. The van der Waals surface area contributed by atoms with Gasteiger partial charge in [-0.25, -0.2) is 4.98 Å². The maximum atomic E-state index is 12.2. The van der Waals surface area contributed by atoms with Crippen LogP contribution in [-0.4, -0.2) is 42.0 Å². The van der Waals surface area contributed by atoms with E-state index in [1.165, 1.54) is 25.9 Å². The van der Waals surface area contributed by atoms with E-state index in [0.717, 1.165) is 18.7 Å². The van der Waals surface area contributed by atoms with Crippen LogP contribution in [0.5, 0.6) is 0 Å². The maximum Gasteiger partial charge on any atom is 0.251 e. The maximum absolute atomic E-state index is 12.2. The third-order valence-electron chi connectivity index (χ3n) is 3.85. The van der Waals surface area contributed by atoms with Crippen LogP contribution >= 0.6 is 11.6 Å². The van der Waals surface area contributed by atoms with E-state index in [9.17, 15) is 4.79 Å². The molecule has 1 aliphatic rings. The molecule has 21 heavy (non-hydrogen) atoms. The van der Waals surface area contributed by atoms with Crippen LogP contribution in [0.4, 0.5) is 0 Å². The van der Waals surface area contributed by atoms with Crippen molar-refractivity contribution in [3.63, 3.8) is 0 Å². The van der Waals surface area contributed by atoms with Crippen molar-refractivity contribution in [3.8, 4) is 0 Å². The van der Waals surface area contributed by atoms with Gasteiger partial charge in [-0.15, -0.1) is 0 Å². The lowest BCUT2D eigenvalue weighted by molar-refractivity contribution is 0.0945. The number of pyridine rings is 1. The van der Waals surface area contributed by atoms with Gasteiger partial charge in [-0.05, 0) is 50.4 Å². The molecule has 5 heteroatoms. The van der Waals surface area contributed by atoms with Crippen LogP contribution in [0.2, 0.25) is 5.15 Å². The van der Waals surface area contributed by atoms with E-state index in [-0.39, 0.29) is 5.91 Å². The average molecular weight is 310 g/mol. The predicted molar refractivity (Wildman–Crippen MR) is 85.8 cm³/mol. The zero-order valence-electron chi connectivity index (χ0n) is 12.9. The quantitative estimate of drug-likeness (QED) is 0.822. The standard InChI is InChI=1S/C16H24ClN3O/c1-3-14-8-13(9-15(17)19-14)16(21)18-10-12(2)11-20-6-4-5-7-20/h8-9,12H,3-7,10-11H2,1-2H3,(H,18,21). The lowest BCUT2D eigenvalue weighted by Crippen LogP contribution is -2.34. The van der Waals surface area contributed by atoms with E-state index in [1.54, 1.807) is 6.07 Å². The van der Waals surface area contributed by atoms with Gasteiger partial charge in [0, 0.05) is 24.3 Å². The minimum atomic E-state index is -0.0673. The first kappa shape index (κ1) is 16.2.